The van der Waals surface area contributed by atoms with Gasteiger partial charge in [-0.3, -0.25) is 4.18 Å². The summed E-state index contributed by atoms with van der Waals surface area (Å²) in [6.45, 7) is 1.66. The standard InChI is InChI=1S/C5H12O3S/c1-4-5-9(3,6,7)8-2/h4-5H,1-3H3,(H,6,7)/b5-4+. The molecule has 0 amide bonds. The monoisotopic (exact) mass is 152 g/mol. The molecule has 3 nitrogen and oxygen atoms in total. The third-order valence-electron chi connectivity index (χ3n) is 0.850. The maximum Gasteiger partial charge on any atom is 0.101 e. The van der Waals surface area contributed by atoms with Crippen LogP contribution in [0, 0.1) is 0 Å². The van der Waals surface area contributed by atoms with Gasteiger partial charge in [-0.25, -0.2) is 4.21 Å². The van der Waals surface area contributed by atoms with E-state index >= 15 is 0 Å². The predicted molar refractivity (Wildman–Crippen MR) is 38.5 cm³/mol. The molecule has 0 radical (unpaired) electrons. The van der Waals surface area contributed by atoms with Gasteiger partial charge in [0.2, 0.25) is 0 Å². The highest BCUT2D eigenvalue weighted by atomic mass is 32.3. The van der Waals surface area contributed by atoms with Gasteiger partial charge >= 0.3 is 0 Å². The van der Waals surface area contributed by atoms with Gasteiger partial charge < -0.3 is 4.55 Å². The largest absolute Gasteiger partial charge is 0.305 e. The minimum absolute atomic E-state index is 1.15. The van der Waals surface area contributed by atoms with Crippen molar-refractivity contribution in [3.63, 3.8) is 0 Å². The number of rotatable bonds is 2. The van der Waals surface area contributed by atoms with Gasteiger partial charge in [0.05, 0.1) is 7.11 Å². The Kier molecular flexibility index (Phi) is 2.16. The quantitative estimate of drug-likeness (QED) is 0.642. The van der Waals surface area contributed by atoms with Crippen molar-refractivity contribution in [1.29, 1.82) is 0 Å². The van der Waals surface area contributed by atoms with Gasteiger partial charge in [0.1, 0.15) is 9.63 Å². The van der Waals surface area contributed by atoms with Crippen LogP contribution < -0.4 is 0 Å². The van der Waals surface area contributed by atoms with Gasteiger partial charge in [0.15, 0.2) is 0 Å². The van der Waals surface area contributed by atoms with E-state index in [9.17, 15) is 4.21 Å². The summed E-state index contributed by atoms with van der Waals surface area (Å²) in [6, 6.07) is 0. The molecule has 0 atom stereocenters. The molecular weight excluding hydrogens is 140 g/mol. The second-order valence-electron chi connectivity index (χ2n) is 1.90. The van der Waals surface area contributed by atoms with E-state index in [1.807, 2.05) is 0 Å². The van der Waals surface area contributed by atoms with Crippen molar-refractivity contribution in [3.8, 4) is 0 Å². The molecule has 1 N–H and O–H groups in total. The number of hydrogen-bond acceptors (Lipinski definition) is 2. The minimum Gasteiger partial charge on any atom is -0.305 e. The van der Waals surface area contributed by atoms with Crippen LogP contribution in [0.1, 0.15) is 6.92 Å². The second-order valence-corrected chi connectivity index (χ2v) is 5.04. The molecule has 0 aliphatic rings. The summed E-state index contributed by atoms with van der Waals surface area (Å²) < 4.78 is 24.4. The summed E-state index contributed by atoms with van der Waals surface area (Å²) in [6.07, 6.45) is 2.63. The summed E-state index contributed by atoms with van der Waals surface area (Å²) in [4.78, 5) is 0. The second kappa shape index (κ2) is 2.21. The normalized spacial score (nSPS) is 17.6. The van der Waals surface area contributed by atoms with Crippen LogP contribution >= 0.6 is 0 Å². The molecule has 0 spiro atoms. The summed E-state index contributed by atoms with van der Waals surface area (Å²) >= 11 is 0. The van der Waals surface area contributed by atoms with Crippen LogP contribution in [-0.2, 0) is 13.8 Å². The highest BCUT2D eigenvalue weighted by molar-refractivity contribution is 8.13. The molecule has 0 aromatic heterocycles. The Hall–Kier alpha value is -0.190. The van der Waals surface area contributed by atoms with E-state index < -0.39 is 9.63 Å². The van der Waals surface area contributed by atoms with Gasteiger partial charge in [-0.15, -0.1) is 0 Å². The van der Waals surface area contributed by atoms with Gasteiger partial charge in [0.25, 0.3) is 0 Å². The van der Waals surface area contributed by atoms with Crippen molar-refractivity contribution in [2.45, 2.75) is 6.92 Å². The van der Waals surface area contributed by atoms with Crippen molar-refractivity contribution >= 4 is 9.63 Å². The summed E-state index contributed by atoms with van der Waals surface area (Å²) in [7, 11) is -2.63. The molecule has 56 valence electrons. The fraction of sp³-hybridized carbons (Fsp3) is 0.600. The molecule has 0 fully saturated rings. The molecule has 0 rings (SSSR count). The van der Waals surface area contributed by atoms with Gasteiger partial charge in [0, 0.05) is 11.7 Å². The first-order chi connectivity index (χ1) is 3.89. The Morgan fingerprint density at radius 3 is 2.22 bits per heavy atom. The molecule has 0 aliphatic heterocycles. The minimum atomic E-state index is -3.84. The zero-order valence-corrected chi connectivity index (χ0v) is 6.64. The summed E-state index contributed by atoms with van der Waals surface area (Å²) in [5.74, 6) is 0. The van der Waals surface area contributed by atoms with Crippen LogP contribution in [-0.4, -0.2) is 22.1 Å². The van der Waals surface area contributed by atoms with Crippen LogP contribution in [0.15, 0.2) is 11.5 Å². The molecule has 0 saturated carbocycles. The third-order valence-corrected chi connectivity index (χ3v) is 2.55. The molecular formula is C5H12O3S. The SMILES string of the molecule is C/C=C/S(C)(=O)(O)OC. The lowest BCUT2D eigenvalue weighted by atomic mass is 10.8. The van der Waals surface area contributed by atoms with E-state index in [2.05, 4.69) is 4.18 Å². The van der Waals surface area contributed by atoms with Gasteiger partial charge in [-0.1, -0.05) is 6.08 Å². The molecule has 0 saturated heterocycles. The molecule has 0 heterocycles. The van der Waals surface area contributed by atoms with Crippen molar-refractivity contribution in [2.75, 3.05) is 13.4 Å². The maximum atomic E-state index is 11.0. The summed E-state index contributed by atoms with van der Waals surface area (Å²) in [5, 5.41) is 1.15. The Balaban J connectivity index is 4.53. The molecule has 9 heavy (non-hydrogen) atoms. The molecule has 0 aromatic carbocycles. The van der Waals surface area contributed by atoms with E-state index in [0.29, 0.717) is 0 Å². The van der Waals surface area contributed by atoms with E-state index in [0.717, 1.165) is 11.7 Å². The van der Waals surface area contributed by atoms with Crippen molar-refractivity contribution in [2.24, 2.45) is 0 Å². The molecule has 0 aromatic rings. The zero-order valence-electron chi connectivity index (χ0n) is 5.83. The predicted octanol–water partition coefficient (Wildman–Crippen LogP) is 1.00. The van der Waals surface area contributed by atoms with Crippen LogP contribution in [0.5, 0.6) is 0 Å². The van der Waals surface area contributed by atoms with E-state index in [-0.39, 0.29) is 0 Å². The topological polar surface area (TPSA) is 46.5 Å². The molecule has 0 aliphatic carbocycles. The Labute approximate surface area is 55.1 Å². The fourth-order valence-electron chi connectivity index (χ4n) is 0.364. The van der Waals surface area contributed by atoms with Crippen LogP contribution in [0.25, 0.3) is 0 Å². The lowest BCUT2D eigenvalue weighted by Crippen LogP contribution is -2.28. The molecule has 4 heteroatoms. The first-order valence-electron chi connectivity index (χ1n) is 2.48. The first kappa shape index (κ1) is 8.81. The van der Waals surface area contributed by atoms with Gasteiger partial charge in [-0.05, 0) is 6.92 Å². The van der Waals surface area contributed by atoms with Crippen molar-refractivity contribution < 1.29 is 12.9 Å². The smallest absolute Gasteiger partial charge is 0.101 e. The Morgan fingerprint density at radius 2 is 2.11 bits per heavy atom. The average Bonchev–Trinajstić information content (AvgIpc) is 1.66. The van der Waals surface area contributed by atoms with E-state index in [1.165, 1.54) is 13.2 Å². The number of hydrogen-bond donors (Lipinski definition) is 1. The Bertz CT molecular complexity index is 177. The van der Waals surface area contributed by atoms with E-state index in [4.69, 9.17) is 4.55 Å². The highest BCUT2D eigenvalue weighted by Gasteiger charge is 2.20. The fourth-order valence-corrected chi connectivity index (χ4v) is 1.09. The highest BCUT2D eigenvalue weighted by Crippen LogP contribution is 2.17. The zero-order chi connectivity index (χ0) is 7.57. The average molecular weight is 152 g/mol. The lowest BCUT2D eigenvalue weighted by molar-refractivity contribution is 0.344. The number of allylic oxidation sites excluding steroid dienone is 1. The first-order valence-corrected chi connectivity index (χ1v) is 4.80. The third kappa shape index (κ3) is 3.40. The van der Waals surface area contributed by atoms with E-state index in [1.54, 1.807) is 6.92 Å². The van der Waals surface area contributed by atoms with Crippen LogP contribution in [0.2, 0.25) is 0 Å². The van der Waals surface area contributed by atoms with Gasteiger partial charge in [-0.2, -0.15) is 0 Å². The molecule has 0 bridgehead atoms. The van der Waals surface area contributed by atoms with Crippen molar-refractivity contribution in [1.82, 2.24) is 0 Å². The summed E-state index contributed by atoms with van der Waals surface area (Å²) in [5.41, 5.74) is 0. The maximum absolute atomic E-state index is 11.0. The Morgan fingerprint density at radius 1 is 1.67 bits per heavy atom. The van der Waals surface area contributed by atoms with Crippen LogP contribution in [0.3, 0.4) is 0 Å². The molecule has 0 unspecified atom stereocenters. The van der Waals surface area contributed by atoms with Crippen molar-refractivity contribution in [3.05, 3.63) is 11.5 Å². The lowest BCUT2D eigenvalue weighted by Gasteiger charge is -2.25. The van der Waals surface area contributed by atoms with Crippen LogP contribution in [0.4, 0.5) is 0 Å².